The van der Waals surface area contributed by atoms with E-state index < -0.39 is 45.1 Å². The van der Waals surface area contributed by atoms with Crippen molar-refractivity contribution in [1.82, 2.24) is 0 Å². The number of halogens is 3. The number of rotatable bonds is 6. The first-order valence-electron chi connectivity index (χ1n) is 7.14. The van der Waals surface area contributed by atoms with Crippen LogP contribution in [-0.2, 0) is 16.2 Å². The highest BCUT2D eigenvalue weighted by atomic mass is 32.2. The Kier molecular flexibility index (Phi) is 5.84. The molecule has 0 radical (unpaired) electrons. The summed E-state index contributed by atoms with van der Waals surface area (Å²) >= 11 is 0. The summed E-state index contributed by atoms with van der Waals surface area (Å²) in [7, 11) is -1.62. The van der Waals surface area contributed by atoms with Crippen LogP contribution in [0.5, 0.6) is 0 Å². The summed E-state index contributed by atoms with van der Waals surface area (Å²) in [6.07, 6.45) is -0.136. The number of alkyl halides is 2. The van der Waals surface area contributed by atoms with Crippen LogP contribution in [-0.4, -0.2) is 32.3 Å². The van der Waals surface area contributed by atoms with E-state index in [1.165, 1.54) is 25.1 Å². The van der Waals surface area contributed by atoms with Gasteiger partial charge in [0.15, 0.2) is 0 Å². The Morgan fingerprint density at radius 1 is 1.18 bits per heavy atom. The van der Waals surface area contributed by atoms with Crippen LogP contribution >= 0.6 is 0 Å². The van der Waals surface area contributed by atoms with E-state index in [4.69, 9.17) is 5.11 Å². The summed E-state index contributed by atoms with van der Waals surface area (Å²) < 4.78 is 55.0. The lowest BCUT2D eigenvalue weighted by molar-refractivity contribution is -0.110. The molecule has 0 saturated heterocycles. The van der Waals surface area contributed by atoms with Crippen LogP contribution in [0, 0.1) is 5.82 Å². The third kappa shape index (κ3) is 3.54. The maximum Gasteiger partial charge on any atom is 0.281 e. The largest absolute Gasteiger partial charge is 0.390 e. The Labute approximate surface area is 132 Å². The van der Waals surface area contributed by atoms with Gasteiger partial charge in [-0.15, -0.1) is 0 Å². The molecule has 0 spiro atoms. The van der Waals surface area contributed by atoms with E-state index in [1.54, 1.807) is 20.8 Å². The lowest BCUT2D eigenvalue weighted by Gasteiger charge is -2.40. The number of hydrogen-bond acceptors (Lipinski definition) is 2. The van der Waals surface area contributed by atoms with Crippen LogP contribution in [0.25, 0.3) is 0 Å². The van der Waals surface area contributed by atoms with E-state index >= 15 is 0 Å². The fraction of sp³-hybridized carbons (Fsp3) is 0.625. The molecule has 1 N–H and O–H groups in total. The van der Waals surface area contributed by atoms with Crippen molar-refractivity contribution >= 4 is 10.8 Å². The topological polar surface area (TPSA) is 37.3 Å². The number of aliphatic hydroxyl groups excluding tert-OH is 1. The Hall–Kier alpha value is -0.880. The van der Waals surface area contributed by atoms with Crippen molar-refractivity contribution in [2.75, 3.05) is 12.4 Å². The molecule has 22 heavy (non-hydrogen) atoms. The molecule has 0 saturated carbocycles. The summed E-state index contributed by atoms with van der Waals surface area (Å²) in [6, 6.07) is 5.27. The van der Waals surface area contributed by atoms with E-state index in [0.29, 0.717) is 0 Å². The minimum atomic E-state index is -3.58. The van der Waals surface area contributed by atoms with Crippen LogP contribution in [0.2, 0.25) is 0 Å². The summed E-state index contributed by atoms with van der Waals surface area (Å²) in [6.45, 7) is 5.12. The predicted molar refractivity (Wildman–Crippen MR) is 83.2 cm³/mol. The van der Waals surface area contributed by atoms with Gasteiger partial charge in [0, 0.05) is 26.9 Å². The summed E-state index contributed by atoms with van der Waals surface area (Å²) in [5.74, 6) is -4.77. The van der Waals surface area contributed by atoms with Gasteiger partial charge < -0.3 is 5.11 Å². The first-order valence-corrected chi connectivity index (χ1v) is 8.46. The molecule has 1 rings (SSSR count). The summed E-state index contributed by atoms with van der Waals surface area (Å²) in [5.41, 5.74) is -2.21. The second kappa shape index (κ2) is 6.71. The van der Waals surface area contributed by atoms with Crippen molar-refractivity contribution < 1.29 is 22.5 Å². The molecule has 1 aromatic rings. The van der Waals surface area contributed by atoms with Crippen LogP contribution < -0.4 is 0 Å². The van der Waals surface area contributed by atoms with Crippen LogP contribution in [0.15, 0.2) is 24.3 Å². The van der Waals surface area contributed by atoms with Crippen molar-refractivity contribution in [3.8, 4) is 0 Å². The third-order valence-corrected chi connectivity index (χ3v) is 6.07. The van der Waals surface area contributed by atoms with Crippen molar-refractivity contribution in [2.45, 2.75) is 50.2 Å². The normalized spacial score (nSPS) is 17.1. The Morgan fingerprint density at radius 2 is 1.73 bits per heavy atom. The SMILES string of the molecule is CC[C@@](C[S@@](=O)C(C)(C)C)(c1ccccc1F)C(F)(F)CO. The first-order chi connectivity index (χ1) is 10.0. The molecule has 0 unspecified atom stereocenters. The average molecular weight is 336 g/mol. The van der Waals surface area contributed by atoms with Crippen LogP contribution in [0.3, 0.4) is 0 Å². The minimum Gasteiger partial charge on any atom is -0.390 e. The second-order valence-corrected chi connectivity index (χ2v) is 8.58. The maximum atomic E-state index is 14.5. The lowest BCUT2D eigenvalue weighted by atomic mass is 9.74. The van der Waals surface area contributed by atoms with E-state index in [1.807, 2.05) is 0 Å². The van der Waals surface area contributed by atoms with Gasteiger partial charge in [0.2, 0.25) is 0 Å². The Bertz CT molecular complexity index is 540. The molecule has 0 aliphatic heterocycles. The van der Waals surface area contributed by atoms with Gasteiger partial charge >= 0.3 is 0 Å². The first kappa shape index (κ1) is 19.2. The summed E-state index contributed by atoms with van der Waals surface area (Å²) in [4.78, 5) is 0. The molecule has 0 amide bonds. The van der Waals surface area contributed by atoms with Crippen molar-refractivity contribution in [3.05, 3.63) is 35.6 Å². The van der Waals surface area contributed by atoms with Gasteiger partial charge in [-0.3, -0.25) is 4.21 Å². The molecule has 2 nitrogen and oxygen atoms in total. The molecular formula is C16H23F3O2S. The molecule has 2 atom stereocenters. The van der Waals surface area contributed by atoms with Gasteiger partial charge in [-0.25, -0.2) is 13.2 Å². The zero-order chi connectivity index (χ0) is 17.2. The molecule has 0 fully saturated rings. The smallest absolute Gasteiger partial charge is 0.281 e. The fourth-order valence-electron chi connectivity index (χ4n) is 2.37. The standard InChI is InChI=1S/C16H23F3O2S/c1-5-15(16(18,19)10-20,11-22(21)14(2,3)4)12-8-6-7-9-13(12)17/h6-9,20H,5,10-11H2,1-4H3/t15-,22-/m1/s1. The molecule has 0 bridgehead atoms. The summed E-state index contributed by atoms with van der Waals surface area (Å²) in [5, 5.41) is 9.16. The number of benzene rings is 1. The minimum absolute atomic E-state index is 0.136. The Balaban J connectivity index is 3.51. The molecule has 0 aliphatic carbocycles. The Morgan fingerprint density at radius 3 is 2.14 bits per heavy atom. The van der Waals surface area contributed by atoms with Gasteiger partial charge in [-0.05, 0) is 33.3 Å². The van der Waals surface area contributed by atoms with E-state index in [2.05, 4.69) is 0 Å². The zero-order valence-electron chi connectivity index (χ0n) is 13.3. The highest BCUT2D eigenvalue weighted by Gasteiger charge is 2.55. The van der Waals surface area contributed by atoms with Gasteiger partial charge in [0.05, 0.1) is 5.41 Å². The molecular weight excluding hydrogens is 313 g/mol. The molecule has 1 aromatic carbocycles. The molecule has 0 heterocycles. The van der Waals surface area contributed by atoms with Gasteiger partial charge in [0.25, 0.3) is 5.92 Å². The van der Waals surface area contributed by atoms with Crippen LogP contribution in [0.4, 0.5) is 13.2 Å². The molecule has 0 aromatic heterocycles. The van der Waals surface area contributed by atoms with Crippen molar-refractivity contribution in [3.63, 3.8) is 0 Å². The molecule has 0 aliphatic rings. The zero-order valence-corrected chi connectivity index (χ0v) is 14.1. The number of hydrogen-bond donors (Lipinski definition) is 1. The highest BCUT2D eigenvalue weighted by Crippen LogP contribution is 2.45. The second-order valence-electron chi connectivity index (χ2n) is 6.38. The average Bonchev–Trinajstić information content (AvgIpc) is 2.44. The van der Waals surface area contributed by atoms with Crippen LogP contribution in [0.1, 0.15) is 39.7 Å². The third-order valence-electron chi connectivity index (χ3n) is 3.95. The van der Waals surface area contributed by atoms with Crippen molar-refractivity contribution in [1.29, 1.82) is 0 Å². The predicted octanol–water partition coefficient (Wildman–Crippen LogP) is 3.65. The van der Waals surface area contributed by atoms with Gasteiger partial charge in [-0.1, -0.05) is 25.1 Å². The molecule has 126 valence electrons. The lowest BCUT2D eigenvalue weighted by Crippen LogP contribution is -2.53. The maximum absolute atomic E-state index is 14.5. The number of aliphatic hydroxyl groups is 1. The monoisotopic (exact) mass is 336 g/mol. The highest BCUT2D eigenvalue weighted by molar-refractivity contribution is 7.86. The molecule has 6 heteroatoms. The van der Waals surface area contributed by atoms with E-state index in [-0.39, 0.29) is 12.0 Å². The van der Waals surface area contributed by atoms with Crippen molar-refractivity contribution in [2.24, 2.45) is 0 Å². The van der Waals surface area contributed by atoms with E-state index in [0.717, 1.165) is 6.07 Å². The quantitative estimate of drug-likeness (QED) is 0.861. The van der Waals surface area contributed by atoms with Gasteiger partial charge in [0.1, 0.15) is 12.4 Å². The van der Waals surface area contributed by atoms with E-state index in [9.17, 15) is 17.4 Å². The van der Waals surface area contributed by atoms with Gasteiger partial charge in [-0.2, -0.15) is 0 Å². The fourth-order valence-corrected chi connectivity index (χ4v) is 3.82.